The van der Waals surface area contributed by atoms with Crippen LogP contribution in [0.25, 0.3) is 0 Å². The Morgan fingerprint density at radius 2 is 2.00 bits per heavy atom. The SMILES string of the molecule is COC(=O)[C@@H]1CC([18OH])CN1C(=O)C(F)(F)F. The molecule has 2 atom stereocenters. The van der Waals surface area contributed by atoms with Crippen LogP contribution >= 0.6 is 0 Å². The Bertz CT molecular complexity index is 304. The lowest BCUT2D eigenvalue weighted by molar-refractivity contribution is -0.188. The Morgan fingerprint density at radius 1 is 1.44 bits per heavy atom. The Hall–Kier alpha value is -1.31. The lowest BCUT2D eigenvalue weighted by atomic mass is 10.2. The van der Waals surface area contributed by atoms with Crippen molar-refractivity contribution < 1.29 is 32.6 Å². The molecule has 1 aliphatic rings. The smallest absolute Gasteiger partial charge is 0.467 e. The number of likely N-dealkylation sites (tertiary alicyclic amines) is 1. The van der Waals surface area contributed by atoms with Crippen molar-refractivity contribution in [2.45, 2.75) is 24.7 Å². The third-order valence-electron chi connectivity index (χ3n) is 2.26. The molecule has 0 aromatic carbocycles. The fourth-order valence-electron chi connectivity index (χ4n) is 1.56. The van der Waals surface area contributed by atoms with Crippen molar-refractivity contribution in [3.8, 4) is 0 Å². The summed E-state index contributed by atoms with van der Waals surface area (Å²) in [5.74, 6) is -3.10. The van der Waals surface area contributed by atoms with Crippen molar-refractivity contribution in [3.05, 3.63) is 0 Å². The van der Waals surface area contributed by atoms with Gasteiger partial charge in [-0.15, -0.1) is 0 Å². The predicted molar refractivity (Wildman–Crippen MR) is 44.2 cm³/mol. The molecule has 0 aliphatic carbocycles. The third kappa shape index (κ3) is 2.43. The zero-order valence-electron chi connectivity index (χ0n) is 8.32. The number of carbonyl (C=O) groups excluding carboxylic acids is 2. The van der Waals surface area contributed by atoms with Crippen molar-refractivity contribution in [1.29, 1.82) is 0 Å². The molecule has 0 saturated carbocycles. The first-order chi connectivity index (χ1) is 7.27. The molecular formula is C8H10F3NO4. The molecule has 0 aromatic heterocycles. The van der Waals surface area contributed by atoms with Gasteiger partial charge in [0.05, 0.1) is 13.2 Å². The molecule has 0 spiro atoms. The lowest BCUT2D eigenvalue weighted by Gasteiger charge is -2.23. The van der Waals surface area contributed by atoms with Gasteiger partial charge in [0.15, 0.2) is 0 Å². The van der Waals surface area contributed by atoms with Gasteiger partial charge in [0.1, 0.15) is 6.04 Å². The van der Waals surface area contributed by atoms with Crippen LogP contribution < -0.4 is 0 Å². The number of alkyl halides is 3. The lowest BCUT2D eigenvalue weighted by Crippen LogP contribution is -2.47. The number of amides is 1. The fourth-order valence-corrected chi connectivity index (χ4v) is 1.56. The highest BCUT2D eigenvalue weighted by Gasteiger charge is 2.50. The number of aliphatic hydroxyl groups is 1. The van der Waals surface area contributed by atoms with Crippen LogP contribution in [0.5, 0.6) is 0 Å². The topological polar surface area (TPSA) is 66.8 Å². The molecule has 1 aliphatic heterocycles. The number of hydrogen-bond acceptors (Lipinski definition) is 4. The van der Waals surface area contributed by atoms with Crippen LogP contribution in [-0.2, 0) is 14.3 Å². The van der Waals surface area contributed by atoms with E-state index in [1.807, 2.05) is 0 Å². The van der Waals surface area contributed by atoms with Gasteiger partial charge in [0.25, 0.3) is 0 Å². The number of hydrogen-bond donors (Lipinski definition) is 1. The average molecular weight is 243 g/mol. The van der Waals surface area contributed by atoms with Crippen LogP contribution in [-0.4, -0.2) is 53.9 Å². The molecule has 1 rings (SSSR count). The number of halogens is 3. The molecule has 8 heteroatoms. The monoisotopic (exact) mass is 243 g/mol. The van der Waals surface area contributed by atoms with Gasteiger partial charge in [-0.05, 0) is 0 Å². The van der Waals surface area contributed by atoms with E-state index in [1.54, 1.807) is 0 Å². The summed E-state index contributed by atoms with van der Waals surface area (Å²) in [5.41, 5.74) is 0. The first kappa shape index (κ1) is 12.8. The van der Waals surface area contributed by atoms with Crippen LogP contribution in [0, 0.1) is 0 Å². The van der Waals surface area contributed by atoms with Crippen LogP contribution in [0.4, 0.5) is 13.2 Å². The molecule has 0 aromatic rings. The van der Waals surface area contributed by atoms with Gasteiger partial charge < -0.3 is 14.7 Å². The Kier molecular flexibility index (Phi) is 3.41. The number of carbonyl (C=O) groups is 2. The molecule has 1 fully saturated rings. The van der Waals surface area contributed by atoms with E-state index in [4.69, 9.17) is 5.11 Å². The molecule has 1 N–H and O–H groups in total. The van der Waals surface area contributed by atoms with E-state index in [9.17, 15) is 22.8 Å². The van der Waals surface area contributed by atoms with Crippen LogP contribution in [0.3, 0.4) is 0 Å². The molecule has 1 amide bonds. The second-order valence-electron chi connectivity index (χ2n) is 3.38. The maximum atomic E-state index is 12.1. The highest BCUT2D eigenvalue weighted by Crippen LogP contribution is 2.26. The normalized spacial score (nSPS) is 25.7. The average Bonchev–Trinajstić information content (AvgIpc) is 2.56. The molecule has 5 nitrogen and oxygen atoms in total. The fraction of sp³-hybridized carbons (Fsp3) is 0.750. The number of methoxy groups -OCH3 is 1. The first-order valence-corrected chi connectivity index (χ1v) is 4.41. The van der Waals surface area contributed by atoms with Crippen LogP contribution in [0.2, 0.25) is 0 Å². The van der Waals surface area contributed by atoms with E-state index in [-0.39, 0.29) is 11.3 Å². The maximum Gasteiger partial charge on any atom is 0.471 e. The predicted octanol–water partition coefficient (Wildman–Crippen LogP) is -0.317. The van der Waals surface area contributed by atoms with Crippen molar-refractivity contribution in [3.63, 3.8) is 0 Å². The van der Waals surface area contributed by atoms with Crippen LogP contribution in [0.15, 0.2) is 0 Å². The number of aliphatic hydroxyl groups excluding tert-OH is 1. The van der Waals surface area contributed by atoms with Crippen molar-refractivity contribution in [2.75, 3.05) is 13.7 Å². The van der Waals surface area contributed by atoms with Crippen LogP contribution in [0.1, 0.15) is 6.42 Å². The van der Waals surface area contributed by atoms with Gasteiger partial charge in [-0.3, -0.25) is 4.79 Å². The van der Waals surface area contributed by atoms with E-state index < -0.39 is 36.7 Å². The number of nitrogens with zero attached hydrogens (tertiary/aromatic N) is 1. The summed E-state index contributed by atoms with van der Waals surface area (Å²) in [5, 5.41) is 9.16. The summed E-state index contributed by atoms with van der Waals surface area (Å²) in [7, 11) is 1.00. The highest BCUT2D eigenvalue weighted by molar-refractivity contribution is 5.88. The van der Waals surface area contributed by atoms with E-state index >= 15 is 0 Å². The molecule has 1 saturated heterocycles. The summed E-state index contributed by atoms with van der Waals surface area (Å²) in [6.45, 7) is -0.516. The molecule has 1 heterocycles. The van der Waals surface area contributed by atoms with Gasteiger partial charge in [-0.2, -0.15) is 13.2 Å². The van der Waals surface area contributed by atoms with Crippen molar-refractivity contribution in [2.24, 2.45) is 0 Å². The summed E-state index contributed by atoms with van der Waals surface area (Å²) in [4.78, 5) is 22.3. The maximum absolute atomic E-state index is 12.1. The zero-order chi connectivity index (χ0) is 12.5. The Balaban J connectivity index is 2.85. The summed E-state index contributed by atoms with van der Waals surface area (Å²) >= 11 is 0. The quantitative estimate of drug-likeness (QED) is 0.506. The summed E-state index contributed by atoms with van der Waals surface area (Å²) in [6.07, 6.45) is -6.44. The van der Waals surface area contributed by atoms with Crippen molar-refractivity contribution in [1.82, 2.24) is 4.90 Å². The zero-order valence-corrected chi connectivity index (χ0v) is 8.32. The van der Waals surface area contributed by atoms with E-state index in [2.05, 4.69) is 4.74 Å². The molecule has 1 unspecified atom stereocenters. The number of rotatable bonds is 1. The first-order valence-electron chi connectivity index (χ1n) is 4.41. The van der Waals surface area contributed by atoms with Gasteiger partial charge in [0.2, 0.25) is 0 Å². The van der Waals surface area contributed by atoms with Gasteiger partial charge >= 0.3 is 18.1 Å². The van der Waals surface area contributed by atoms with E-state index in [1.165, 1.54) is 0 Å². The molecular weight excluding hydrogens is 233 g/mol. The number of esters is 1. The molecule has 0 bridgehead atoms. The molecule has 16 heavy (non-hydrogen) atoms. The van der Waals surface area contributed by atoms with Crippen molar-refractivity contribution >= 4 is 11.9 Å². The summed E-state index contributed by atoms with van der Waals surface area (Å²) < 4.78 is 40.7. The molecule has 0 radical (unpaired) electrons. The number of ether oxygens (including phenoxy) is 1. The second kappa shape index (κ2) is 4.28. The van der Waals surface area contributed by atoms with Gasteiger partial charge in [-0.25, -0.2) is 4.79 Å². The summed E-state index contributed by atoms with van der Waals surface area (Å²) in [6, 6.07) is -1.37. The second-order valence-corrected chi connectivity index (χ2v) is 3.38. The van der Waals surface area contributed by atoms with E-state index in [0.717, 1.165) is 7.11 Å². The number of β-amino-alcohol motifs (C(OH)–C–C–N with tert-alkyl or cyclic N) is 1. The molecule has 92 valence electrons. The van der Waals surface area contributed by atoms with E-state index in [0.29, 0.717) is 0 Å². The standard InChI is InChI=1S/C8H10F3NO4/c1-16-6(14)5-2-4(13)3-12(5)7(15)8(9,10)11/h4-5,13H,2-3H2,1H3/t4?,5-/m0/s1/i13+2. The Morgan fingerprint density at radius 3 is 2.44 bits per heavy atom. The van der Waals surface area contributed by atoms with Gasteiger partial charge in [-0.1, -0.05) is 0 Å². The Labute approximate surface area is 88.8 Å². The minimum Gasteiger partial charge on any atom is -0.467 e. The largest absolute Gasteiger partial charge is 0.471 e. The third-order valence-corrected chi connectivity index (χ3v) is 2.26. The highest BCUT2D eigenvalue weighted by atomic mass is 19.4. The minimum atomic E-state index is -5.06. The van der Waals surface area contributed by atoms with Gasteiger partial charge in [0, 0.05) is 13.0 Å². The minimum absolute atomic E-state index is 0.242.